The van der Waals surface area contributed by atoms with Crippen molar-refractivity contribution in [1.82, 2.24) is 15.5 Å². The first kappa shape index (κ1) is 15.5. The Morgan fingerprint density at radius 2 is 2.05 bits per heavy atom. The molecule has 0 unspecified atom stereocenters. The second-order valence-corrected chi connectivity index (χ2v) is 5.34. The van der Waals surface area contributed by atoms with E-state index in [1.54, 1.807) is 0 Å². The molecule has 1 aliphatic rings. The second-order valence-electron chi connectivity index (χ2n) is 5.34. The zero-order valence-electron chi connectivity index (χ0n) is 12.5. The molecule has 0 aromatic heterocycles. The van der Waals surface area contributed by atoms with Gasteiger partial charge in [0, 0.05) is 19.5 Å². The third kappa shape index (κ3) is 4.56. The van der Waals surface area contributed by atoms with Crippen LogP contribution in [0.1, 0.15) is 37.3 Å². The van der Waals surface area contributed by atoms with Crippen LogP contribution in [0.3, 0.4) is 0 Å². The van der Waals surface area contributed by atoms with E-state index in [4.69, 9.17) is 0 Å². The Morgan fingerprint density at radius 3 is 2.76 bits per heavy atom. The topological polar surface area (TPSA) is 61.4 Å². The molecule has 0 saturated carbocycles. The standard InChI is InChI=1S/C16H23N3O2/c1-17-16(21)18-15(20)10-6-12-19-11-5-9-14(19)13-7-3-2-4-8-13/h2-4,7-8,14H,5-6,9-12H2,1H3,(H2,17,18,20,21)/t14-/m0/s1. The van der Waals surface area contributed by atoms with Crippen LogP contribution in [0, 0.1) is 0 Å². The number of carbonyl (C=O) groups excluding carboxylic acids is 2. The van der Waals surface area contributed by atoms with E-state index < -0.39 is 6.03 Å². The van der Waals surface area contributed by atoms with Gasteiger partial charge in [0.05, 0.1) is 0 Å². The van der Waals surface area contributed by atoms with Crippen molar-refractivity contribution >= 4 is 11.9 Å². The van der Waals surface area contributed by atoms with Gasteiger partial charge in [-0.15, -0.1) is 0 Å². The van der Waals surface area contributed by atoms with Gasteiger partial charge in [-0.3, -0.25) is 15.0 Å². The fraction of sp³-hybridized carbons (Fsp3) is 0.500. The molecule has 3 amide bonds. The number of benzene rings is 1. The van der Waals surface area contributed by atoms with Crippen LogP contribution in [0.25, 0.3) is 0 Å². The van der Waals surface area contributed by atoms with Crippen LogP contribution in [0.15, 0.2) is 30.3 Å². The van der Waals surface area contributed by atoms with Crippen molar-refractivity contribution < 1.29 is 9.59 Å². The number of hydrogen-bond donors (Lipinski definition) is 2. The lowest BCUT2D eigenvalue weighted by molar-refractivity contribution is -0.120. The normalized spacial score (nSPS) is 18.4. The van der Waals surface area contributed by atoms with Gasteiger partial charge in [-0.05, 0) is 37.9 Å². The fourth-order valence-electron chi connectivity index (χ4n) is 2.84. The van der Waals surface area contributed by atoms with Crippen LogP contribution in [0.2, 0.25) is 0 Å². The van der Waals surface area contributed by atoms with Gasteiger partial charge in [-0.2, -0.15) is 0 Å². The van der Waals surface area contributed by atoms with Gasteiger partial charge in [0.1, 0.15) is 0 Å². The van der Waals surface area contributed by atoms with E-state index in [9.17, 15) is 9.59 Å². The van der Waals surface area contributed by atoms with Crippen LogP contribution in [0.4, 0.5) is 4.79 Å². The molecule has 114 valence electrons. The van der Waals surface area contributed by atoms with E-state index in [0.717, 1.165) is 19.5 Å². The number of amides is 3. The monoisotopic (exact) mass is 289 g/mol. The number of imide groups is 1. The van der Waals surface area contributed by atoms with Crippen molar-refractivity contribution in [1.29, 1.82) is 0 Å². The van der Waals surface area contributed by atoms with Crippen LogP contribution >= 0.6 is 0 Å². The van der Waals surface area contributed by atoms with Crippen LogP contribution in [-0.2, 0) is 4.79 Å². The van der Waals surface area contributed by atoms with E-state index in [0.29, 0.717) is 12.5 Å². The average molecular weight is 289 g/mol. The highest BCUT2D eigenvalue weighted by atomic mass is 16.2. The molecule has 2 rings (SSSR count). The molecule has 1 fully saturated rings. The SMILES string of the molecule is CNC(=O)NC(=O)CCCN1CCC[C@H]1c1ccccc1. The Hall–Kier alpha value is -1.88. The van der Waals surface area contributed by atoms with Crippen molar-refractivity contribution in [2.45, 2.75) is 31.7 Å². The minimum Gasteiger partial charge on any atom is -0.341 e. The zero-order chi connectivity index (χ0) is 15.1. The summed E-state index contributed by atoms with van der Waals surface area (Å²) in [5, 5.41) is 4.67. The molecule has 1 heterocycles. The fourth-order valence-corrected chi connectivity index (χ4v) is 2.84. The molecule has 0 radical (unpaired) electrons. The molecule has 1 aromatic carbocycles. The predicted octanol–water partition coefficient (Wildman–Crippen LogP) is 2.06. The minimum absolute atomic E-state index is 0.218. The van der Waals surface area contributed by atoms with Crippen molar-refractivity contribution in [2.24, 2.45) is 0 Å². The number of nitrogens with zero attached hydrogens (tertiary/aromatic N) is 1. The second kappa shape index (κ2) is 7.78. The van der Waals surface area contributed by atoms with E-state index >= 15 is 0 Å². The summed E-state index contributed by atoms with van der Waals surface area (Å²) in [6.07, 6.45) is 3.52. The smallest absolute Gasteiger partial charge is 0.321 e. The molecule has 2 N–H and O–H groups in total. The Bertz CT molecular complexity index is 476. The molecule has 1 aliphatic heterocycles. The molecular weight excluding hydrogens is 266 g/mol. The molecule has 1 aromatic rings. The summed E-state index contributed by atoms with van der Waals surface area (Å²) in [6.45, 7) is 1.97. The molecule has 21 heavy (non-hydrogen) atoms. The quantitative estimate of drug-likeness (QED) is 0.872. The van der Waals surface area contributed by atoms with Crippen molar-refractivity contribution in [2.75, 3.05) is 20.1 Å². The molecule has 5 heteroatoms. The summed E-state index contributed by atoms with van der Waals surface area (Å²) >= 11 is 0. The molecule has 1 saturated heterocycles. The van der Waals surface area contributed by atoms with Gasteiger partial charge in [0.2, 0.25) is 5.91 Å². The summed E-state index contributed by atoms with van der Waals surface area (Å²) < 4.78 is 0. The number of rotatable bonds is 5. The Labute approximate surface area is 125 Å². The lowest BCUT2D eigenvalue weighted by atomic mass is 10.0. The molecule has 1 atom stereocenters. The third-order valence-corrected chi connectivity index (χ3v) is 3.88. The van der Waals surface area contributed by atoms with Crippen LogP contribution in [0.5, 0.6) is 0 Å². The highest BCUT2D eigenvalue weighted by molar-refractivity contribution is 5.94. The van der Waals surface area contributed by atoms with Gasteiger partial charge in [0.15, 0.2) is 0 Å². The maximum Gasteiger partial charge on any atom is 0.321 e. The Kier molecular flexibility index (Phi) is 5.75. The summed E-state index contributed by atoms with van der Waals surface area (Å²) in [4.78, 5) is 25.0. The van der Waals surface area contributed by atoms with E-state index in [-0.39, 0.29) is 5.91 Å². The highest BCUT2D eigenvalue weighted by Gasteiger charge is 2.25. The van der Waals surface area contributed by atoms with Gasteiger partial charge in [0.25, 0.3) is 0 Å². The maximum atomic E-state index is 11.5. The summed E-state index contributed by atoms with van der Waals surface area (Å²) in [5.74, 6) is -0.218. The largest absolute Gasteiger partial charge is 0.341 e. The average Bonchev–Trinajstić information content (AvgIpc) is 2.96. The van der Waals surface area contributed by atoms with E-state index in [1.807, 2.05) is 6.07 Å². The molecule has 0 spiro atoms. The number of likely N-dealkylation sites (tertiary alicyclic amines) is 1. The van der Waals surface area contributed by atoms with Gasteiger partial charge in [-0.25, -0.2) is 4.79 Å². The van der Waals surface area contributed by atoms with E-state index in [2.05, 4.69) is 39.8 Å². The summed E-state index contributed by atoms with van der Waals surface area (Å²) in [6, 6.07) is 10.5. The molecule has 0 aliphatic carbocycles. The van der Waals surface area contributed by atoms with Crippen molar-refractivity contribution in [3.63, 3.8) is 0 Å². The molecule has 5 nitrogen and oxygen atoms in total. The summed E-state index contributed by atoms with van der Waals surface area (Å²) in [7, 11) is 1.50. The van der Waals surface area contributed by atoms with Gasteiger partial charge >= 0.3 is 6.03 Å². The zero-order valence-corrected chi connectivity index (χ0v) is 12.5. The number of carbonyl (C=O) groups is 2. The van der Waals surface area contributed by atoms with Crippen LogP contribution in [-0.4, -0.2) is 37.0 Å². The number of nitrogens with one attached hydrogen (secondary N) is 2. The highest BCUT2D eigenvalue weighted by Crippen LogP contribution is 2.31. The summed E-state index contributed by atoms with van der Waals surface area (Å²) in [5.41, 5.74) is 1.35. The first-order chi connectivity index (χ1) is 10.2. The third-order valence-electron chi connectivity index (χ3n) is 3.88. The number of hydrogen-bond acceptors (Lipinski definition) is 3. The van der Waals surface area contributed by atoms with Crippen LogP contribution < -0.4 is 10.6 Å². The predicted molar refractivity (Wildman–Crippen MR) is 81.8 cm³/mol. The molecular formula is C16H23N3O2. The first-order valence-electron chi connectivity index (χ1n) is 7.51. The van der Waals surface area contributed by atoms with Gasteiger partial charge < -0.3 is 5.32 Å². The van der Waals surface area contributed by atoms with Crippen molar-refractivity contribution in [3.8, 4) is 0 Å². The lowest BCUT2D eigenvalue weighted by Crippen LogP contribution is -2.37. The van der Waals surface area contributed by atoms with Gasteiger partial charge in [-0.1, -0.05) is 30.3 Å². The first-order valence-corrected chi connectivity index (χ1v) is 7.51. The van der Waals surface area contributed by atoms with Crippen molar-refractivity contribution in [3.05, 3.63) is 35.9 Å². The maximum absolute atomic E-state index is 11.5. The number of urea groups is 1. The Balaban J connectivity index is 1.77. The minimum atomic E-state index is -0.441. The van der Waals surface area contributed by atoms with E-state index in [1.165, 1.54) is 25.5 Å². The lowest BCUT2D eigenvalue weighted by Gasteiger charge is -2.24. The molecule has 0 bridgehead atoms. The Morgan fingerprint density at radius 1 is 1.29 bits per heavy atom.